The minimum atomic E-state index is 0.298. The van der Waals surface area contributed by atoms with Crippen LogP contribution in [-0.4, -0.2) is 19.8 Å². The first-order valence-corrected chi connectivity index (χ1v) is 7.39. The topological polar surface area (TPSA) is 21.3 Å². The predicted octanol–water partition coefficient (Wildman–Crippen LogP) is 4.35. The van der Waals surface area contributed by atoms with E-state index in [2.05, 4.69) is 63.0 Å². The minimum absolute atomic E-state index is 0.298. The summed E-state index contributed by atoms with van der Waals surface area (Å²) in [4.78, 5) is 0. The zero-order chi connectivity index (χ0) is 15.0. The Balaban J connectivity index is 2.49. The molecule has 0 radical (unpaired) electrons. The van der Waals surface area contributed by atoms with Crippen LogP contribution < -0.4 is 5.32 Å². The average molecular weight is 275 g/mol. The Labute approximate surface area is 124 Å². The zero-order valence-corrected chi connectivity index (χ0v) is 13.4. The average Bonchev–Trinajstić information content (AvgIpc) is 2.36. The Hall–Kier alpha value is -1.12. The highest BCUT2D eigenvalue weighted by Gasteiger charge is 2.19. The summed E-state index contributed by atoms with van der Waals surface area (Å²) >= 11 is 0. The summed E-state index contributed by atoms with van der Waals surface area (Å²) in [7, 11) is 0. The third-order valence-electron chi connectivity index (χ3n) is 3.00. The molecule has 1 rings (SSSR count). The van der Waals surface area contributed by atoms with Gasteiger partial charge in [0.1, 0.15) is 0 Å². The highest BCUT2D eigenvalue weighted by Crippen LogP contribution is 2.29. The standard InChI is InChI=1S/C18H29NO/c1-15(2)14-20-12-11-19-17(13-18(3,4)5)16-9-7-6-8-10-16/h6-10,17,19H,1,11-14H2,2-5H3. The molecule has 1 N–H and O–H groups in total. The Morgan fingerprint density at radius 1 is 1.25 bits per heavy atom. The van der Waals surface area contributed by atoms with Gasteiger partial charge in [0.15, 0.2) is 0 Å². The lowest BCUT2D eigenvalue weighted by molar-refractivity contribution is 0.152. The summed E-state index contributed by atoms with van der Waals surface area (Å²) in [5.74, 6) is 0. The van der Waals surface area contributed by atoms with Crippen molar-refractivity contribution in [1.82, 2.24) is 5.32 Å². The maximum atomic E-state index is 5.55. The summed E-state index contributed by atoms with van der Waals surface area (Å²) in [6.45, 7) is 14.9. The largest absolute Gasteiger partial charge is 0.376 e. The lowest BCUT2D eigenvalue weighted by Crippen LogP contribution is -2.28. The number of nitrogens with one attached hydrogen (secondary N) is 1. The van der Waals surface area contributed by atoms with E-state index in [4.69, 9.17) is 4.74 Å². The van der Waals surface area contributed by atoms with Gasteiger partial charge in [-0.2, -0.15) is 0 Å². The molecule has 112 valence electrons. The molecule has 1 atom stereocenters. The maximum Gasteiger partial charge on any atom is 0.0672 e. The van der Waals surface area contributed by atoms with E-state index in [0.29, 0.717) is 18.1 Å². The smallest absolute Gasteiger partial charge is 0.0672 e. The molecule has 0 amide bonds. The van der Waals surface area contributed by atoms with Crippen molar-refractivity contribution in [3.63, 3.8) is 0 Å². The predicted molar refractivity (Wildman–Crippen MR) is 86.9 cm³/mol. The molecular weight excluding hydrogens is 246 g/mol. The van der Waals surface area contributed by atoms with Crippen molar-refractivity contribution >= 4 is 0 Å². The summed E-state index contributed by atoms with van der Waals surface area (Å²) in [6, 6.07) is 11.0. The number of benzene rings is 1. The van der Waals surface area contributed by atoms with Gasteiger partial charge >= 0.3 is 0 Å². The van der Waals surface area contributed by atoms with Crippen molar-refractivity contribution in [2.75, 3.05) is 19.8 Å². The summed E-state index contributed by atoms with van der Waals surface area (Å²) in [6.07, 6.45) is 1.11. The molecule has 1 aromatic carbocycles. The van der Waals surface area contributed by atoms with Crippen LogP contribution in [0.25, 0.3) is 0 Å². The monoisotopic (exact) mass is 275 g/mol. The number of hydrogen-bond acceptors (Lipinski definition) is 2. The van der Waals surface area contributed by atoms with Gasteiger partial charge in [-0.3, -0.25) is 0 Å². The van der Waals surface area contributed by atoms with Gasteiger partial charge in [0, 0.05) is 12.6 Å². The van der Waals surface area contributed by atoms with E-state index in [1.807, 2.05) is 6.92 Å². The molecule has 0 saturated heterocycles. The van der Waals surface area contributed by atoms with Crippen molar-refractivity contribution in [2.45, 2.75) is 40.2 Å². The Morgan fingerprint density at radius 2 is 1.90 bits per heavy atom. The van der Waals surface area contributed by atoms with Crippen LogP contribution in [0.2, 0.25) is 0 Å². The quantitative estimate of drug-likeness (QED) is 0.562. The summed E-state index contributed by atoms with van der Waals surface area (Å²) in [5.41, 5.74) is 2.72. The van der Waals surface area contributed by atoms with Crippen LogP contribution >= 0.6 is 0 Å². The fourth-order valence-electron chi connectivity index (χ4n) is 2.16. The second-order valence-corrected chi connectivity index (χ2v) is 6.69. The van der Waals surface area contributed by atoms with Crippen LogP contribution in [-0.2, 0) is 4.74 Å². The second-order valence-electron chi connectivity index (χ2n) is 6.69. The molecule has 0 spiro atoms. The molecule has 20 heavy (non-hydrogen) atoms. The molecule has 1 aromatic rings. The van der Waals surface area contributed by atoms with Gasteiger partial charge in [-0.1, -0.05) is 63.3 Å². The van der Waals surface area contributed by atoms with Gasteiger partial charge in [-0.25, -0.2) is 0 Å². The summed E-state index contributed by atoms with van der Waals surface area (Å²) < 4.78 is 5.55. The van der Waals surface area contributed by atoms with E-state index in [9.17, 15) is 0 Å². The van der Waals surface area contributed by atoms with E-state index in [1.54, 1.807) is 0 Å². The van der Waals surface area contributed by atoms with Crippen LogP contribution in [0.1, 0.15) is 45.7 Å². The zero-order valence-electron chi connectivity index (χ0n) is 13.4. The minimum Gasteiger partial charge on any atom is -0.376 e. The number of hydrogen-bond donors (Lipinski definition) is 1. The third-order valence-corrected chi connectivity index (χ3v) is 3.00. The summed E-state index contributed by atoms with van der Waals surface area (Å²) in [5, 5.41) is 3.61. The molecule has 0 aromatic heterocycles. The molecule has 0 heterocycles. The second kappa shape index (κ2) is 8.23. The first-order valence-electron chi connectivity index (χ1n) is 7.39. The molecule has 0 saturated carbocycles. The molecule has 2 nitrogen and oxygen atoms in total. The van der Waals surface area contributed by atoms with Gasteiger partial charge in [0.25, 0.3) is 0 Å². The number of ether oxygens (including phenoxy) is 1. The molecular formula is C18H29NO. The Bertz CT molecular complexity index is 392. The lowest BCUT2D eigenvalue weighted by Gasteiger charge is -2.27. The number of rotatable bonds is 8. The van der Waals surface area contributed by atoms with Gasteiger partial charge < -0.3 is 10.1 Å². The molecule has 0 aliphatic rings. The van der Waals surface area contributed by atoms with Crippen molar-refractivity contribution < 1.29 is 4.74 Å². The first-order chi connectivity index (χ1) is 9.38. The van der Waals surface area contributed by atoms with Crippen molar-refractivity contribution in [2.24, 2.45) is 5.41 Å². The fourth-order valence-corrected chi connectivity index (χ4v) is 2.16. The highest BCUT2D eigenvalue weighted by atomic mass is 16.5. The van der Waals surface area contributed by atoms with Crippen LogP contribution in [0, 0.1) is 5.41 Å². The third kappa shape index (κ3) is 7.46. The maximum absolute atomic E-state index is 5.55. The van der Waals surface area contributed by atoms with Crippen LogP contribution in [0.15, 0.2) is 42.5 Å². The van der Waals surface area contributed by atoms with Crippen LogP contribution in [0.5, 0.6) is 0 Å². The SMILES string of the molecule is C=C(C)COCCNC(CC(C)(C)C)c1ccccc1. The van der Waals surface area contributed by atoms with Crippen LogP contribution in [0.3, 0.4) is 0 Å². The van der Waals surface area contributed by atoms with Gasteiger partial charge in [-0.05, 0) is 24.3 Å². The van der Waals surface area contributed by atoms with Crippen molar-refractivity contribution in [3.8, 4) is 0 Å². The van der Waals surface area contributed by atoms with E-state index in [0.717, 1.165) is 25.1 Å². The molecule has 2 heteroatoms. The lowest BCUT2D eigenvalue weighted by atomic mass is 9.85. The van der Waals surface area contributed by atoms with Crippen LogP contribution in [0.4, 0.5) is 0 Å². The van der Waals surface area contributed by atoms with E-state index in [-0.39, 0.29) is 0 Å². The first kappa shape index (κ1) is 16.9. The van der Waals surface area contributed by atoms with E-state index < -0.39 is 0 Å². The Kier molecular flexibility index (Phi) is 6.97. The van der Waals surface area contributed by atoms with Crippen molar-refractivity contribution in [3.05, 3.63) is 48.0 Å². The molecule has 1 unspecified atom stereocenters. The highest BCUT2D eigenvalue weighted by molar-refractivity contribution is 5.19. The van der Waals surface area contributed by atoms with Gasteiger partial charge in [0.2, 0.25) is 0 Å². The van der Waals surface area contributed by atoms with Crippen molar-refractivity contribution in [1.29, 1.82) is 0 Å². The molecule has 0 bridgehead atoms. The van der Waals surface area contributed by atoms with E-state index in [1.165, 1.54) is 5.56 Å². The fraction of sp³-hybridized carbons (Fsp3) is 0.556. The normalized spacial score (nSPS) is 13.2. The molecule has 0 fully saturated rings. The molecule has 0 aliphatic heterocycles. The van der Waals surface area contributed by atoms with Gasteiger partial charge in [0.05, 0.1) is 13.2 Å². The van der Waals surface area contributed by atoms with Gasteiger partial charge in [-0.15, -0.1) is 0 Å². The van der Waals surface area contributed by atoms with E-state index >= 15 is 0 Å². The molecule has 0 aliphatic carbocycles. The Morgan fingerprint density at radius 3 is 2.45 bits per heavy atom.